The summed E-state index contributed by atoms with van der Waals surface area (Å²) in [5, 5.41) is 9.53. The van der Waals surface area contributed by atoms with Crippen LogP contribution in [-0.2, 0) is 6.54 Å². The molecule has 3 N–H and O–H groups in total. The van der Waals surface area contributed by atoms with Crippen molar-refractivity contribution in [3.8, 4) is 10.6 Å². The smallest absolute Gasteiger partial charge is 0.102 e. The number of nitrogens with one attached hydrogen (secondary N) is 1. The van der Waals surface area contributed by atoms with E-state index < -0.39 is 0 Å². The van der Waals surface area contributed by atoms with Crippen LogP contribution < -0.4 is 5.73 Å². The van der Waals surface area contributed by atoms with E-state index in [4.69, 9.17) is 5.73 Å². The zero-order chi connectivity index (χ0) is 11.7. The Balaban J connectivity index is 1.69. The van der Waals surface area contributed by atoms with Crippen LogP contribution in [0.3, 0.4) is 0 Å². The van der Waals surface area contributed by atoms with Crippen LogP contribution in [0.25, 0.3) is 10.6 Å². The van der Waals surface area contributed by atoms with Crippen molar-refractivity contribution in [3.05, 3.63) is 29.3 Å². The first-order chi connectivity index (χ1) is 8.31. The second-order valence-corrected chi connectivity index (χ2v) is 5.49. The first kappa shape index (κ1) is 11.0. The number of nitrogens with two attached hydrogens (primary N) is 1. The Morgan fingerprint density at radius 3 is 3.24 bits per heavy atom. The molecular formula is C12H16N4S. The van der Waals surface area contributed by atoms with E-state index in [1.807, 2.05) is 6.07 Å². The van der Waals surface area contributed by atoms with Gasteiger partial charge in [0.25, 0.3) is 0 Å². The fraction of sp³-hybridized carbons (Fsp3) is 0.417. The lowest BCUT2D eigenvalue weighted by Crippen LogP contribution is -2.26. The van der Waals surface area contributed by atoms with Crippen molar-refractivity contribution in [2.45, 2.75) is 19.0 Å². The molecule has 2 aromatic heterocycles. The van der Waals surface area contributed by atoms with Gasteiger partial charge in [0, 0.05) is 31.4 Å². The van der Waals surface area contributed by atoms with Gasteiger partial charge in [-0.1, -0.05) is 6.07 Å². The summed E-state index contributed by atoms with van der Waals surface area (Å²) in [6, 6.07) is 6.62. The van der Waals surface area contributed by atoms with Crippen LogP contribution in [0.1, 0.15) is 12.1 Å². The van der Waals surface area contributed by atoms with Crippen molar-refractivity contribution in [3.63, 3.8) is 0 Å². The van der Waals surface area contributed by atoms with Gasteiger partial charge in [-0.05, 0) is 23.9 Å². The van der Waals surface area contributed by atoms with Gasteiger partial charge in [-0.15, -0.1) is 11.3 Å². The van der Waals surface area contributed by atoms with E-state index >= 15 is 0 Å². The lowest BCUT2D eigenvalue weighted by molar-refractivity contribution is 0.322. The van der Waals surface area contributed by atoms with Crippen molar-refractivity contribution in [1.82, 2.24) is 15.1 Å². The highest BCUT2D eigenvalue weighted by Gasteiger charge is 2.19. The highest BCUT2D eigenvalue weighted by molar-refractivity contribution is 7.13. The molecule has 0 unspecified atom stereocenters. The number of aromatic nitrogens is 2. The van der Waals surface area contributed by atoms with Gasteiger partial charge in [-0.25, -0.2) is 0 Å². The SMILES string of the molecule is N[C@@H]1CCN(Cc2cc(-c3cccs3)n[nH]2)C1. The van der Waals surface area contributed by atoms with Crippen molar-refractivity contribution < 1.29 is 0 Å². The Kier molecular flexibility index (Phi) is 2.96. The third kappa shape index (κ3) is 2.41. The van der Waals surface area contributed by atoms with Crippen LogP contribution in [0.4, 0.5) is 0 Å². The fourth-order valence-electron chi connectivity index (χ4n) is 2.24. The molecule has 0 aromatic carbocycles. The summed E-state index contributed by atoms with van der Waals surface area (Å²) in [5.41, 5.74) is 8.10. The third-order valence-corrected chi connectivity index (χ3v) is 4.00. The summed E-state index contributed by atoms with van der Waals surface area (Å²) in [6.45, 7) is 3.01. The lowest BCUT2D eigenvalue weighted by Gasteiger charge is -2.12. The van der Waals surface area contributed by atoms with Gasteiger partial charge in [-0.3, -0.25) is 10.00 Å². The van der Waals surface area contributed by atoms with E-state index in [-0.39, 0.29) is 0 Å². The van der Waals surface area contributed by atoms with Crippen LogP contribution in [-0.4, -0.2) is 34.2 Å². The van der Waals surface area contributed by atoms with Crippen molar-refractivity contribution in [2.75, 3.05) is 13.1 Å². The number of thiophene rings is 1. The topological polar surface area (TPSA) is 57.9 Å². The molecule has 0 spiro atoms. The molecule has 3 heterocycles. The average Bonchev–Trinajstić information content (AvgIpc) is 3.00. The summed E-state index contributed by atoms with van der Waals surface area (Å²) < 4.78 is 0. The number of hydrogen-bond acceptors (Lipinski definition) is 4. The molecule has 4 nitrogen and oxygen atoms in total. The molecule has 0 amide bonds. The maximum absolute atomic E-state index is 5.90. The van der Waals surface area contributed by atoms with E-state index in [1.165, 1.54) is 10.6 Å². The number of H-pyrrole nitrogens is 1. The second-order valence-electron chi connectivity index (χ2n) is 4.54. The zero-order valence-electron chi connectivity index (χ0n) is 9.60. The van der Waals surface area contributed by atoms with Crippen LogP contribution in [0.15, 0.2) is 23.6 Å². The van der Waals surface area contributed by atoms with E-state index in [0.29, 0.717) is 6.04 Å². The Morgan fingerprint density at radius 2 is 2.53 bits per heavy atom. The third-order valence-electron chi connectivity index (χ3n) is 3.11. The zero-order valence-corrected chi connectivity index (χ0v) is 10.4. The van der Waals surface area contributed by atoms with Crippen molar-refractivity contribution in [2.24, 2.45) is 5.73 Å². The predicted molar refractivity (Wildman–Crippen MR) is 69.8 cm³/mol. The fourth-order valence-corrected chi connectivity index (χ4v) is 2.93. The Bertz CT molecular complexity index is 476. The van der Waals surface area contributed by atoms with Crippen LogP contribution in [0.2, 0.25) is 0 Å². The molecule has 0 aliphatic carbocycles. The monoisotopic (exact) mass is 248 g/mol. The van der Waals surface area contributed by atoms with E-state index in [2.05, 4.69) is 32.6 Å². The lowest BCUT2D eigenvalue weighted by atomic mass is 10.3. The molecule has 0 radical (unpaired) electrons. The molecule has 3 rings (SSSR count). The molecule has 0 bridgehead atoms. The molecule has 1 atom stereocenters. The highest BCUT2D eigenvalue weighted by atomic mass is 32.1. The maximum Gasteiger partial charge on any atom is 0.102 e. The largest absolute Gasteiger partial charge is 0.326 e. The van der Waals surface area contributed by atoms with Crippen LogP contribution in [0.5, 0.6) is 0 Å². The predicted octanol–water partition coefficient (Wildman–Crippen LogP) is 1.67. The Labute approximate surface area is 104 Å². The summed E-state index contributed by atoms with van der Waals surface area (Å²) >= 11 is 1.72. The standard InChI is InChI=1S/C12H16N4S/c13-9-3-4-16(7-9)8-10-6-11(15-14-10)12-2-1-5-17-12/h1-2,5-6,9H,3-4,7-8,13H2,(H,14,15)/t9-/m1/s1. The minimum Gasteiger partial charge on any atom is -0.326 e. The molecule has 5 heteroatoms. The highest BCUT2D eigenvalue weighted by Crippen LogP contribution is 2.23. The van der Waals surface area contributed by atoms with Gasteiger partial charge in [0.15, 0.2) is 0 Å². The van der Waals surface area contributed by atoms with Gasteiger partial charge >= 0.3 is 0 Å². The summed E-state index contributed by atoms with van der Waals surface area (Å²) in [7, 11) is 0. The first-order valence-electron chi connectivity index (χ1n) is 5.87. The Hall–Kier alpha value is -1.17. The maximum atomic E-state index is 5.90. The second kappa shape index (κ2) is 4.60. The Morgan fingerprint density at radius 1 is 1.59 bits per heavy atom. The number of hydrogen-bond donors (Lipinski definition) is 2. The molecule has 1 fully saturated rings. The molecule has 1 saturated heterocycles. The van der Waals surface area contributed by atoms with E-state index in [0.717, 1.165) is 31.7 Å². The van der Waals surface area contributed by atoms with Crippen molar-refractivity contribution in [1.29, 1.82) is 0 Å². The molecule has 2 aromatic rings. The number of rotatable bonds is 3. The minimum atomic E-state index is 0.342. The average molecular weight is 248 g/mol. The molecule has 1 aliphatic rings. The van der Waals surface area contributed by atoms with Gasteiger partial charge in [0.2, 0.25) is 0 Å². The summed E-state index contributed by atoms with van der Waals surface area (Å²) in [5.74, 6) is 0. The van der Waals surface area contributed by atoms with Gasteiger partial charge in [0.05, 0.1) is 4.88 Å². The molecular weight excluding hydrogens is 232 g/mol. The van der Waals surface area contributed by atoms with E-state index in [9.17, 15) is 0 Å². The van der Waals surface area contributed by atoms with Crippen molar-refractivity contribution >= 4 is 11.3 Å². The van der Waals surface area contributed by atoms with E-state index in [1.54, 1.807) is 11.3 Å². The molecule has 17 heavy (non-hydrogen) atoms. The minimum absolute atomic E-state index is 0.342. The molecule has 1 aliphatic heterocycles. The number of aromatic amines is 1. The van der Waals surface area contributed by atoms with Crippen LogP contribution >= 0.6 is 11.3 Å². The van der Waals surface area contributed by atoms with Gasteiger partial charge in [-0.2, -0.15) is 5.10 Å². The summed E-state index contributed by atoms with van der Waals surface area (Å²) in [4.78, 5) is 3.58. The van der Waals surface area contributed by atoms with Gasteiger partial charge in [0.1, 0.15) is 5.69 Å². The molecule has 0 saturated carbocycles. The quantitative estimate of drug-likeness (QED) is 0.868. The molecule has 90 valence electrons. The number of nitrogens with zero attached hydrogens (tertiary/aromatic N) is 2. The first-order valence-corrected chi connectivity index (χ1v) is 6.75. The number of likely N-dealkylation sites (tertiary alicyclic amines) is 1. The normalized spacial score (nSPS) is 21.1. The van der Waals surface area contributed by atoms with Crippen LogP contribution in [0, 0.1) is 0 Å². The van der Waals surface area contributed by atoms with Gasteiger partial charge < -0.3 is 5.73 Å². The summed E-state index contributed by atoms with van der Waals surface area (Å²) in [6.07, 6.45) is 1.10.